The molecule has 0 saturated heterocycles. The van der Waals surface area contributed by atoms with E-state index in [-0.39, 0.29) is 30.3 Å². The van der Waals surface area contributed by atoms with Gasteiger partial charge < -0.3 is 15.4 Å². The first-order valence-corrected chi connectivity index (χ1v) is 7.04. The number of halogens is 1. The Morgan fingerprint density at radius 3 is 2.90 bits per heavy atom. The molecule has 1 heterocycles. The molecule has 2 aliphatic rings. The lowest BCUT2D eigenvalue weighted by Crippen LogP contribution is -2.44. The first-order chi connectivity index (χ1) is 9.25. The van der Waals surface area contributed by atoms with Crippen LogP contribution in [-0.2, 0) is 4.79 Å². The van der Waals surface area contributed by atoms with E-state index in [1.54, 1.807) is 0 Å². The van der Waals surface area contributed by atoms with Gasteiger partial charge in [-0.3, -0.25) is 4.79 Å². The molecule has 0 aromatic heterocycles. The van der Waals surface area contributed by atoms with E-state index in [2.05, 4.69) is 0 Å². The fourth-order valence-electron chi connectivity index (χ4n) is 3.07. The Labute approximate surface area is 125 Å². The quantitative estimate of drug-likeness (QED) is 0.865. The average molecular weight is 297 g/mol. The van der Waals surface area contributed by atoms with Crippen molar-refractivity contribution in [2.45, 2.75) is 31.7 Å². The minimum atomic E-state index is 0. The number of ether oxygens (including phenoxy) is 1. The van der Waals surface area contributed by atoms with Gasteiger partial charge in [-0.15, -0.1) is 12.4 Å². The summed E-state index contributed by atoms with van der Waals surface area (Å²) in [6, 6.07) is 7.93. The largest absolute Gasteiger partial charge is 0.490 e. The third-order valence-electron chi connectivity index (χ3n) is 4.06. The predicted octanol–water partition coefficient (Wildman–Crippen LogP) is 2.35. The number of carbonyl (C=O) groups is 1. The molecule has 2 atom stereocenters. The van der Waals surface area contributed by atoms with Crippen LogP contribution < -0.4 is 15.4 Å². The highest BCUT2D eigenvalue weighted by atomic mass is 35.5. The van der Waals surface area contributed by atoms with Crippen molar-refractivity contribution in [1.82, 2.24) is 0 Å². The second-order valence-electron chi connectivity index (χ2n) is 5.43. The number of anilines is 1. The number of hydrogen-bond donors (Lipinski definition) is 1. The Balaban J connectivity index is 0.00000147. The average Bonchev–Trinajstić information content (AvgIpc) is 2.46. The fraction of sp³-hybridized carbons (Fsp3) is 0.533. The summed E-state index contributed by atoms with van der Waals surface area (Å²) in [4.78, 5) is 14.6. The summed E-state index contributed by atoms with van der Waals surface area (Å²) in [5.74, 6) is 1.10. The zero-order chi connectivity index (χ0) is 13.2. The summed E-state index contributed by atoms with van der Waals surface area (Å²) in [6.07, 6.45) is 3.89. The van der Waals surface area contributed by atoms with E-state index < -0.39 is 0 Å². The number of benzene rings is 1. The van der Waals surface area contributed by atoms with Gasteiger partial charge in [0.15, 0.2) is 0 Å². The van der Waals surface area contributed by atoms with Crippen LogP contribution in [0.1, 0.15) is 25.7 Å². The van der Waals surface area contributed by atoms with Gasteiger partial charge in [0.2, 0.25) is 5.91 Å². The summed E-state index contributed by atoms with van der Waals surface area (Å²) >= 11 is 0. The monoisotopic (exact) mass is 296 g/mol. The molecule has 1 aliphatic heterocycles. The van der Waals surface area contributed by atoms with Crippen LogP contribution in [0.25, 0.3) is 0 Å². The Morgan fingerprint density at radius 2 is 2.10 bits per heavy atom. The molecule has 20 heavy (non-hydrogen) atoms. The van der Waals surface area contributed by atoms with Gasteiger partial charge in [0.25, 0.3) is 0 Å². The summed E-state index contributed by atoms with van der Waals surface area (Å²) in [5.41, 5.74) is 6.89. The molecule has 1 fully saturated rings. The number of nitrogens with zero attached hydrogens (tertiary/aromatic N) is 1. The van der Waals surface area contributed by atoms with E-state index in [0.29, 0.717) is 13.2 Å². The molecule has 1 amide bonds. The van der Waals surface area contributed by atoms with Crippen LogP contribution in [0.15, 0.2) is 24.3 Å². The van der Waals surface area contributed by atoms with E-state index in [1.165, 1.54) is 0 Å². The van der Waals surface area contributed by atoms with Crippen LogP contribution in [-0.4, -0.2) is 25.1 Å². The Hall–Kier alpha value is -1.26. The smallest absolute Gasteiger partial charge is 0.230 e. The van der Waals surface area contributed by atoms with E-state index >= 15 is 0 Å². The molecule has 2 N–H and O–H groups in total. The molecule has 1 saturated carbocycles. The van der Waals surface area contributed by atoms with E-state index in [4.69, 9.17) is 10.5 Å². The molecule has 1 aliphatic carbocycles. The third kappa shape index (κ3) is 2.91. The van der Waals surface area contributed by atoms with Crippen LogP contribution in [0.2, 0.25) is 0 Å². The van der Waals surface area contributed by atoms with E-state index in [0.717, 1.165) is 37.1 Å². The molecule has 1 aromatic carbocycles. The van der Waals surface area contributed by atoms with Crippen molar-refractivity contribution >= 4 is 24.0 Å². The SMILES string of the molecule is Cl.NC1CCCC(C(=O)N2CCOc3ccccc32)C1. The molecular weight excluding hydrogens is 276 g/mol. The van der Waals surface area contributed by atoms with Crippen molar-refractivity contribution < 1.29 is 9.53 Å². The Kier molecular flexibility index (Phi) is 4.89. The van der Waals surface area contributed by atoms with E-state index in [9.17, 15) is 4.79 Å². The van der Waals surface area contributed by atoms with Gasteiger partial charge in [-0.2, -0.15) is 0 Å². The van der Waals surface area contributed by atoms with Crippen LogP contribution in [0, 0.1) is 5.92 Å². The highest BCUT2D eigenvalue weighted by Gasteiger charge is 2.32. The minimum absolute atomic E-state index is 0. The molecule has 2 unspecified atom stereocenters. The first kappa shape index (κ1) is 15.1. The summed E-state index contributed by atoms with van der Waals surface area (Å²) < 4.78 is 5.59. The van der Waals surface area contributed by atoms with Crippen LogP contribution in [0.4, 0.5) is 5.69 Å². The van der Waals surface area contributed by atoms with Gasteiger partial charge >= 0.3 is 0 Å². The van der Waals surface area contributed by atoms with Gasteiger partial charge in [-0.25, -0.2) is 0 Å². The number of carbonyl (C=O) groups excluding carboxylic acids is 1. The minimum Gasteiger partial charge on any atom is -0.490 e. The number of fused-ring (bicyclic) bond motifs is 1. The summed E-state index contributed by atoms with van der Waals surface area (Å²) in [7, 11) is 0. The number of nitrogens with two attached hydrogens (primary N) is 1. The number of amides is 1. The molecule has 0 spiro atoms. The maximum atomic E-state index is 12.7. The number of para-hydroxylation sites is 2. The van der Waals surface area contributed by atoms with Gasteiger partial charge in [0.1, 0.15) is 12.4 Å². The number of hydrogen-bond acceptors (Lipinski definition) is 3. The molecule has 0 bridgehead atoms. The second-order valence-corrected chi connectivity index (χ2v) is 5.43. The van der Waals surface area contributed by atoms with Gasteiger partial charge in [0, 0.05) is 12.0 Å². The Morgan fingerprint density at radius 1 is 1.30 bits per heavy atom. The van der Waals surface area contributed by atoms with Crippen LogP contribution in [0.3, 0.4) is 0 Å². The van der Waals surface area contributed by atoms with Gasteiger partial charge in [-0.1, -0.05) is 18.6 Å². The van der Waals surface area contributed by atoms with Crippen molar-refractivity contribution in [3.8, 4) is 5.75 Å². The third-order valence-corrected chi connectivity index (χ3v) is 4.06. The topological polar surface area (TPSA) is 55.6 Å². The lowest BCUT2D eigenvalue weighted by molar-refractivity contribution is -0.123. The van der Waals surface area contributed by atoms with Crippen LogP contribution >= 0.6 is 12.4 Å². The lowest BCUT2D eigenvalue weighted by Gasteiger charge is -2.34. The standard InChI is InChI=1S/C15H20N2O2.ClH/c16-12-5-3-4-11(10-12)15(18)17-8-9-19-14-7-2-1-6-13(14)17;/h1-2,6-7,11-12H,3-5,8-10,16H2;1H. The van der Waals surface area contributed by atoms with Crippen molar-refractivity contribution in [2.24, 2.45) is 11.7 Å². The van der Waals surface area contributed by atoms with Crippen LogP contribution in [0.5, 0.6) is 5.75 Å². The Bertz CT molecular complexity index is 481. The molecule has 4 nitrogen and oxygen atoms in total. The highest BCUT2D eigenvalue weighted by molar-refractivity contribution is 5.96. The normalized spacial score (nSPS) is 25.1. The van der Waals surface area contributed by atoms with Gasteiger partial charge in [0.05, 0.1) is 12.2 Å². The summed E-state index contributed by atoms with van der Waals surface area (Å²) in [5, 5.41) is 0. The predicted molar refractivity (Wildman–Crippen MR) is 81.5 cm³/mol. The molecule has 5 heteroatoms. The maximum absolute atomic E-state index is 12.7. The molecular formula is C15H21ClN2O2. The number of rotatable bonds is 1. The highest BCUT2D eigenvalue weighted by Crippen LogP contribution is 2.34. The van der Waals surface area contributed by atoms with Crippen molar-refractivity contribution in [2.75, 3.05) is 18.1 Å². The fourth-order valence-corrected chi connectivity index (χ4v) is 3.07. The van der Waals surface area contributed by atoms with E-state index in [1.807, 2.05) is 29.2 Å². The lowest BCUT2D eigenvalue weighted by atomic mass is 9.85. The zero-order valence-electron chi connectivity index (χ0n) is 11.5. The maximum Gasteiger partial charge on any atom is 0.230 e. The zero-order valence-corrected chi connectivity index (χ0v) is 12.3. The first-order valence-electron chi connectivity index (χ1n) is 7.04. The van der Waals surface area contributed by atoms with Crippen molar-refractivity contribution in [3.63, 3.8) is 0 Å². The molecule has 1 aromatic rings. The second kappa shape index (κ2) is 6.46. The van der Waals surface area contributed by atoms with Crippen molar-refractivity contribution in [3.05, 3.63) is 24.3 Å². The summed E-state index contributed by atoms with van der Waals surface area (Å²) in [6.45, 7) is 1.21. The molecule has 110 valence electrons. The molecule has 0 radical (unpaired) electrons. The van der Waals surface area contributed by atoms with Gasteiger partial charge in [-0.05, 0) is 31.4 Å². The molecule has 3 rings (SSSR count). The van der Waals surface area contributed by atoms with Crippen molar-refractivity contribution in [1.29, 1.82) is 0 Å².